The van der Waals surface area contributed by atoms with Crippen molar-refractivity contribution < 1.29 is 9.53 Å². The Hall–Kier alpha value is -3.14. The summed E-state index contributed by atoms with van der Waals surface area (Å²) >= 11 is 0. The molecular formula is C22H20N2O2. The van der Waals surface area contributed by atoms with Crippen molar-refractivity contribution in [2.45, 2.75) is 12.8 Å². The molecule has 0 saturated heterocycles. The van der Waals surface area contributed by atoms with E-state index in [1.807, 2.05) is 42.5 Å². The number of fused-ring (bicyclic) bond motifs is 1. The molecule has 4 nitrogen and oxygen atoms in total. The van der Waals surface area contributed by atoms with E-state index in [1.54, 1.807) is 0 Å². The molecular weight excluding hydrogens is 324 g/mol. The van der Waals surface area contributed by atoms with Gasteiger partial charge in [0.1, 0.15) is 0 Å². The smallest absolute Gasteiger partial charge is 0.357 e. The summed E-state index contributed by atoms with van der Waals surface area (Å²) in [7, 11) is 1.38. The first-order valence-electron chi connectivity index (χ1n) is 8.78. The number of ether oxygens (including phenoxy) is 1. The van der Waals surface area contributed by atoms with Crippen LogP contribution in [0.3, 0.4) is 0 Å². The first-order chi connectivity index (χ1) is 12.8. The number of carbonyl (C=O) groups excluding carboxylic acids is 1. The first kappa shape index (κ1) is 16.3. The minimum atomic E-state index is -0.429. The average molecular weight is 344 g/mol. The fraction of sp³-hybridized carbons (Fsp3) is 0.182. The van der Waals surface area contributed by atoms with Crippen LogP contribution in [0.1, 0.15) is 22.5 Å². The van der Waals surface area contributed by atoms with Crippen molar-refractivity contribution >= 4 is 11.7 Å². The van der Waals surface area contributed by atoms with Crippen LogP contribution in [0.15, 0.2) is 60.7 Å². The summed E-state index contributed by atoms with van der Waals surface area (Å²) in [6.45, 7) is 0.990. The molecule has 0 spiro atoms. The molecule has 0 amide bonds. The van der Waals surface area contributed by atoms with Gasteiger partial charge in [0, 0.05) is 23.4 Å². The third-order valence-electron chi connectivity index (χ3n) is 4.70. The Morgan fingerprint density at radius 1 is 1.04 bits per heavy atom. The highest BCUT2D eigenvalue weighted by Crippen LogP contribution is 2.30. The number of aryl methyl sites for hydroxylation is 1. The number of methoxy groups -OCH3 is 1. The number of carbonyl (C=O) groups is 1. The summed E-state index contributed by atoms with van der Waals surface area (Å²) < 4.78 is 4.97. The van der Waals surface area contributed by atoms with Gasteiger partial charge in [-0.1, -0.05) is 42.5 Å². The molecule has 1 N–H and O–H groups in total. The van der Waals surface area contributed by atoms with E-state index >= 15 is 0 Å². The lowest BCUT2D eigenvalue weighted by molar-refractivity contribution is 0.0595. The number of hydrogen-bond acceptors (Lipinski definition) is 4. The number of rotatable bonds is 3. The maximum absolute atomic E-state index is 12.3. The molecule has 0 saturated carbocycles. The normalized spacial score (nSPS) is 12.8. The van der Waals surface area contributed by atoms with E-state index in [9.17, 15) is 4.79 Å². The summed E-state index contributed by atoms with van der Waals surface area (Å²) in [5.41, 5.74) is 6.29. The van der Waals surface area contributed by atoms with Gasteiger partial charge in [-0.05, 0) is 42.2 Å². The van der Waals surface area contributed by atoms with Crippen LogP contribution in [-0.2, 0) is 11.2 Å². The van der Waals surface area contributed by atoms with Gasteiger partial charge in [0.2, 0.25) is 0 Å². The highest BCUT2D eigenvalue weighted by molar-refractivity contribution is 5.96. The molecule has 3 aromatic rings. The number of aromatic nitrogens is 1. The van der Waals surface area contributed by atoms with Crippen molar-refractivity contribution in [3.8, 4) is 22.4 Å². The van der Waals surface area contributed by atoms with Gasteiger partial charge in [0.15, 0.2) is 5.69 Å². The minimum absolute atomic E-state index is 0.335. The van der Waals surface area contributed by atoms with E-state index in [-0.39, 0.29) is 0 Å². The number of hydrogen-bond donors (Lipinski definition) is 1. The Balaban J connectivity index is 1.80. The van der Waals surface area contributed by atoms with Crippen molar-refractivity contribution in [1.82, 2.24) is 4.98 Å². The summed E-state index contributed by atoms with van der Waals surface area (Å²) in [5.74, 6) is -0.429. The van der Waals surface area contributed by atoms with E-state index in [4.69, 9.17) is 4.74 Å². The summed E-state index contributed by atoms with van der Waals surface area (Å²) in [5, 5.41) is 3.44. The van der Waals surface area contributed by atoms with Crippen LogP contribution in [0.25, 0.3) is 22.4 Å². The number of benzene rings is 2. The molecule has 2 aromatic carbocycles. The molecule has 4 heteroatoms. The van der Waals surface area contributed by atoms with Gasteiger partial charge in [0.05, 0.1) is 12.8 Å². The van der Waals surface area contributed by atoms with Crippen LogP contribution in [-0.4, -0.2) is 24.6 Å². The van der Waals surface area contributed by atoms with Crippen LogP contribution in [0, 0.1) is 0 Å². The fourth-order valence-electron chi connectivity index (χ4n) is 3.34. The van der Waals surface area contributed by atoms with Crippen LogP contribution >= 0.6 is 0 Å². The van der Waals surface area contributed by atoms with Gasteiger partial charge in [-0.2, -0.15) is 0 Å². The molecule has 0 fully saturated rings. The molecule has 0 atom stereocenters. The lowest BCUT2D eigenvalue weighted by Gasteiger charge is -2.19. The third-order valence-corrected chi connectivity index (χ3v) is 4.70. The van der Waals surface area contributed by atoms with Crippen LogP contribution in [0.4, 0.5) is 5.69 Å². The van der Waals surface area contributed by atoms with Gasteiger partial charge in [-0.25, -0.2) is 9.78 Å². The summed E-state index contributed by atoms with van der Waals surface area (Å²) in [4.78, 5) is 17.0. The van der Waals surface area contributed by atoms with Gasteiger partial charge < -0.3 is 10.1 Å². The van der Waals surface area contributed by atoms with Gasteiger partial charge >= 0.3 is 5.97 Å². The monoisotopic (exact) mass is 344 g/mol. The maximum Gasteiger partial charge on any atom is 0.357 e. The number of pyridine rings is 1. The number of nitrogens with one attached hydrogen (secondary N) is 1. The predicted octanol–water partition coefficient (Wildman–Crippen LogP) is 4.56. The first-order valence-corrected chi connectivity index (χ1v) is 8.78. The number of anilines is 1. The van der Waals surface area contributed by atoms with Crippen molar-refractivity contribution in [2.75, 3.05) is 19.0 Å². The van der Waals surface area contributed by atoms with E-state index in [0.717, 1.165) is 47.5 Å². The van der Waals surface area contributed by atoms with E-state index in [1.165, 1.54) is 12.7 Å². The molecule has 0 aliphatic carbocycles. The fourth-order valence-corrected chi connectivity index (χ4v) is 3.34. The molecule has 1 aromatic heterocycles. The summed E-state index contributed by atoms with van der Waals surface area (Å²) in [6.07, 6.45) is 2.25. The number of nitrogens with zero attached hydrogens (tertiary/aromatic N) is 1. The Morgan fingerprint density at radius 3 is 2.69 bits per heavy atom. The highest BCUT2D eigenvalue weighted by atomic mass is 16.5. The van der Waals surface area contributed by atoms with E-state index in [2.05, 4.69) is 28.5 Å². The van der Waals surface area contributed by atoms with Crippen molar-refractivity contribution in [2.24, 2.45) is 0 Å². The lowest BCUT2D eigenvalue weighted by atomic mass is 9.98. The lowest BCUT2D eigenvalue weighted by Crippen LogP contribution is -2.11. The van der Waals surface area contributed by atoms with Crippen molar-refractivity contribution in [3.05, 3.63) is 71.9 Å². The molecule has 1 aliphatic rings. The van der Waals surface area contributed by atoms with Crippen LogP contribution < -0.4 is 5.32 Å². The molecule has 1 aliphatic heterocycles. The molecule has 130 valence electrons. The molecule has 0 bridgehead atoms. The predicted molar refractivity (Wildman–Crippen MR) is 103 cm³/mol. The van der Waals surface area contributed by atoms with Crippen molar-refractivity contribution in [1.29, 1.82) is 0 Å². The third kappa shape index (κ3) is 3.06. The van der Waals surface area contributed by atoms with E-state index in [0.29, 0.717) is 5.69 Å². The molecule has 4 rings (SSSR count). The largest absolute Gasteiger partial charge is 0.464 e. The minimum Gasteiger partial charge on any atom is -0.464 e. The van der Waals surface area contributed by atoms with Crippen LogP contribution in [0.5, 0.6) is 0 Å². The topological polar surface area (TPSA) is 51.2 Å². The zero-order valence-corrected chi connectivity index (χ0v) is 14.7. The Morgan fingerprint density at radius 2 is 1.88 bits per heavy atom. The Kier molecular flexibility index (Phi) is 4.40. The molecule has 0 radical (unpaired) electrons. The molecule has 26 heavy (non-hydrogen) atoms. The Bertz CT molecular complexity index is 952. The SMILES string of the molecule is COC(=O)c1nc(-c2ccc3c(c2)NCCC3)ccc1-c1ccccc1. The second-order valence-electron chi connectivity index (χ2n) is 6.35. The second-order valence-corrected chi connectivity index (χ2v) is 6.35. The van der Waals surface area contributed by atoms with Crippen LogP contribution in [0.2, 0.25) is 0 Å². The van der Waals surface area contributed by atoms with Gasteiger partial charge in [-0.3, -0.25) is 0 Å². The summed E-state index contributed by atoms with van der Waals surface area (Å²) in [6, 6.07) is 20.0. The van der Waals surface area contributed by atoms with Crippen molar-refractivity contribution in [3.63, 3.8) is 0 Å². The van der Waals surface area contributed by atoms with Gasteiger partial charge in [0.25, 0.3) is 0 Å². The highest BCUT2D eigenvalue weighted by Gasteiger charge is 2.17. The zero-order valence-electron chi connectivity index (χ0n) is 14.7. The maximum atomic E-state index is 12.3. The second kappa shape index (κ2) is 7.00. The molecule has 2 heterocycles. The Labute approximate surface area is 152 Å². The zero-order chi connectivity index (χ0) is 17.9. The average Bonchev–Trinajstić information content (AvgIpc) is 2.73. The van der Waals surface area contributed by atoms with E-state index < -0.39 is 5.97 Å². The molecule has 0 unspecified atom stereocenters. The standard InChI is InChI=1S/C22H20N2O2/c1-26-22(25)21-18(15-6-3-2-4-7-15)11-12-19(24-21)17-10-9-16-8-5-13-23-20(16)14-17/h2-4,6-7,9-12,14,23H,5,8,13H2,1H3. The quantitative estimate of drug-likeness (QED) is 0.708. The van der Waals surface area contributed by atoms with Gasteiger partial charge in [-0.15, -0.1) is 0 Å². The number of esters is 1.